The van der Waals surface area contributed by atoms with E-state index in [0.29, 0.717) is 62.6 Å². The molecule has 3 aliphatic rings. The van der Waals surface area contributed by atoms with E-state index in [-0.39, 0.29) is 4.90 Å². The van der Waals surface area contributed by atoms with Gasteiger partial charge in [-0.25, -0.2) is 25.3 Å². The summed E-state index contributed by atoms with van der Waals surface area (Å²) in [6.07, 6.45) is 8.96. The molecule has 9 aromatic rings. The van der Waals surface area contributed by atoms with Crippen molar-refractivity contribution in [3.8, 4) is 0 Å². The second kappa shape index (κ2) is 24.3. The summed E-state index contributed by atoms with van der Waals surface area (Å²) < 4.78 is 86.6. The number of ether oxygens (including phenoxy) is 1. The van der Waals surface area contributed by atoms with Gasteiger partial charge in [-0.15, -0.1) is 0 Å². The summed E-state index contributed by atoms with van der Waals surface area (Å²) >= 11 is 0. The average molecular weight is 1160 g/mol. The molecule has 1 unspecified atom stereocenters. The molecule has 12 rings (SSSR count). The molecule has 1 atom stereocenters. The van der Waals surface area contributed by atoms with E-state index in [1.54, 1.807) is 42.6 Å². The number of aromatic nitrogens is 3. The first-order valence-corrected chi connectivity index (χ1v) is 32.7. The van der Waals surface area contributed by atoms with E-state index in [2.05, 4.69) is 43.5 Å². The number of fused-ring (bicyclic) bond motifs is 3. The van der Waals surface area contributed by atoms with Gasteiger partial charge in [0.2, 0.25) is 29.5 Å². The Balaban J connectivity index is 0.000000138. The van der Waals surface area contributed by atoms with Gasteiger partial charge in [-0.2, -0.15) is 0 Å². The van der Waals surface area contributed by atoms with Crippen LogP contribution in [0.3, 0.4) is 0 Å². The van der Waals surface area contributed by atoms with E-state index < -0.39 is 29.5 Å². The first-order chi connectivity index (χ1) is 39.3. The van der Waals surface area contributed by atoms with Crippen molar-refractivity contribution in [2.24, 2.45) is 11.8 Å². The summed E-state index contributed by atoms with van der Waals surface area (Å²) in [4.78, 5) is 21.8. The number of para-hydroxylation sites is 3. The Hall–Kier alpha value is -7.24. The molecule has 0 N–H and O–H groups in total. The Morgan fingerprint density at radius 1 is 0.415 bits per heavy atom. The van der Waals surface area contributed by atoms with Gasteiger partial charge in [0.15, 0.2) is 0 Å². The Labute approximate surface area is 483 Å². The number of rotatable bonds is 9. The summed E-state index contributed by atoms with van der Waals surface area (Å²) in [5, 5.41) is 2.66. The number of anilines is 3. The fraction of sp³-hybridized carbons (Fsp3) is 0.318. The van der Waals surface area contributed by atoms with Crippen molar-refractivity contribution in [2.45, 2.75) is 104 Å². The lowest BCUT2D eigenvalue weighted by atomic mass is 9.98. The van der Waals surface area contributed by atoms with E-state index >= 15 is 0 Å². The Morgan fingerprint density at radius 3 is 1.23 bits per heavy atom. The molecule has 6 aromatic carbocycles. The van der Waals surface area contributed by atoms with Crippen LogP contribution in [0.1, 0.15) is 67.3 Å². The van der Waals surface area contributed by atoms with Crippen LogP contribution >= 0.6 is 0 Å². The molecule has 3 aromatic heterocycles. The van der Waals surface area contributed by atoms with E-state index in [0.717, 1.165) is 123 Å². The molecular formula is C66H72N6O7S3. The third-order valence-electron chi connectivity index (χ3n) is 16.3. The maximum atomic E-state index is 13.6. The number of hydrogen-bond donors (Lipinski definition) is 0. The van der Waals surface area contributed by atoms with Crippen LogP contribution in [-0.2, 0) is 34.2 Å². The van der Waals surface area contributed by atoms with Crippen LogP contribution in [0.4, 0.5) is 17.1 Å². The van der Waals surface area contributed by atoms with Crippen molar-refractivity contribution >= 4 is 79.3 Å². The summed E-state index contributed by atoms with van der Waals surface area (Å²) in [6, 6.07) is 40.9. The average Bonchev–Trinajstić information content (AvgIpc) is 2.65. The molecule has 0 spiro atoms. The standard InChI is InChI=1S/C23H26N2O2S.C22H24N2O2S.C21H22N2O3S/c1-16-10-12-25(13-11-16)23-20-6-4-5-7-21(20)24-15-22(23)28(26,27)19-9-8-17(2)18(3)14-19;1-16-9-11-18(12-10-16)27(25,26)21-14-23-20-8-4-3-7-19(20)22(21)24-13-5-6-17(2)15-24;1-15-7-8-17(13-16(15)2)27(24,25)20-14-22-19-6-4-3-5-18(19)21(20)23-9-11-26-12-10-23/h4-9,14-16H,10-13H2,1-3H3;3-4,7-12,14,17H,5-6,13,15H2,1-2H3;3-8,13-14H,9-12H2,1-2H3. The zero-order valence-corrected chi connectivity index (χ0v) is 50.3. The Bertz CT molecular complexity index is 4160. The molecule has 6 heterocycles. The first kappa shape index (κ1) is 58.0. The van der Waals surface area contributed by atoms with Crippen LogP contribution in [0, 0.1) is 46.5 Å². The largest absolute Gasteiger partial charge is 0.378 e. The number of benzene rings is 6. The summed E-state index contributed by atoms with van der Waals surface area (Å²) in [6.45, 7) is 20.2. The highest BCUT2D eigenvalue weighted by Crippen LogP contribution is 2.41. The van der Waals surface area contributed by atoms with Gasteiger partial charge in [0.25, 0.3) is 0 Å². The first-order valence-electron chi connectivity index (χ1n) is 28.2. The fourth-order valence-corrected chi connectivity index (χ4v) is 15.6. The van der Waals surface area contributed by atoms with Crippen molar-refractivity contribution in [3.05, 3.63) is 180 Å². The lowest BCUT2D eigenvalue weighted by molar-refractivity contribution is 0.122. The zero-order chi connectivity index (χ0) is 57.9. The molecule has 0 radical (unpaired) electrons. The molecule has 426 valence electrons. The predicted molar refractivity (Wildman–Crippen MR) is 329 cm³/mol. The van der Waals surface area contributed by atoms with Crippen molar-refractivity contribution in [1.29, 1.82) is 0 Å². The number of aryl methyl sites for hydroxylation is 5. The molecule has 82 heavy (non-hydrogen) atoms. The predicted octanol–water partition coefficient (Wildman–Crippen LogP) is 13.1. The van der Waals surface area contributed by atoms with Crippen LogP contribution in [0.5, 0.6) is 0 Å². The van der Waals surface area contributed by atoms with Gasteiger partial charge in [-0.05, 0) is 149 Å². The number of sulfone groups is 3. The van der Waals surface area contributed by atoms with Crippen molar-refractivity contribution in [2.75, 3.05) is 67.2 Å². The quantitative estimate of drug-likeness (QED) is 0.134. The van der Waals surface area contributed by atoms with Crippen LogP contribution in [0.15, 0.2) is 181 Å². The maximum absolute atomic E-state index is 13.6. The lowest BCUT2D eigenvalue weighted by Gasteiger charge is -2.34. The van der Waals surface area contributed by atoms with Crippen molar-refractivity contribution < 1.29 is 30.0 Å². The van der Waals surface area contributed by atoms with Crippen LogP contribution in [0.2, 0.25) is 0 Å². The minimum Gasteiger partial charge on any atom is -0.378 e. The van der Waals surface area contributed by atoms with E-state index in [1.165, 1.54) is 18.8 Å². The van der Waals surface area contributed by atoms with Gasteiger partial charge in [0, 0.05) is 74.0 Å². The third-order valence-corrected chi connectivity index (χ3v) is 21.6. The fourth-order valence-electron chi connectivity index (χ4n) is 11.2. The monoisotopic (exact) mass is 1160 g/mol. The molecule has 0 bridgehead atoms. The van der Waals surface area contributed by atoms with Crippen molar-refractivity contribution in [1.82, 2.24) is 15.0 Å². The topological polar surface area (TPSA) is 160 Å². The number of nitrogens with zero attached hydrogens (tertiary/aromatic N) is 6. The number of piperidine rings is 2. The van der Waals surface area contributed by atoms with E-state index in [4.69, 9.17) is 4.74 Å². The second-order valence-electron chi connectivity index (χ2n) is 22.2. The van der Waals surface area contributed by atoms with Gasteiger partial charge in [-0.1, -0.05) is 98.3 Å². The highest BCUT2D eigenvalue weighted by molar-refractivity contribution is 7.92. The minimum atomic E-state index is -3.69. The van der Waals surface area contributed by atoms with Gasteiger partial charge in [0.05, 0.1) is 61.5 Å². The minimum absolute atomic E-state index is 0.256. The Morgan fingerprint density at radius 2 is 0.805 bits per heavy atom. The van der Waals surface area contributed by atoms with Crippen LogP contribution in [-0.4, -0.2) is 92.7 Å². The number of morpholine rings is 1. The zero-order valence-electron chi connectivity index (χ0n) is 47.8. The summed E-state index contributed by atoms with van der Waals surface area (Å²) in [5.74, 6) is 1.21. The molecule has 13 nitrogen and oxygen atoms in total. The van der Waals surface area contributed by atoms with Crippen LogP contribution < -0.4 is 14.7 Å². The second-order valence-corrected chi connectivity index (χ2v) is 28.0. The molecule has 3 fully saturated rings. The molecule has 0 saturated carbocycles. The third kappa shape index (κ3) is 12.0. The summed E-state index contributed by atoms with van der Waals surface area (Å²) in [7, 11) is -11.0. The van der Waals surface area contributed by atoms with Gasteiger partial charge in [0.1, 0.15) is 14.7 Å². The number of pyridine rings is 3. The molecule has 3 saturated heterocycles. The normalized spacial score (nSPS) is 16.4. The smallest absolute Gasteiger partial charge is 0.210 e. The summed E-state index contributed by atoms with van der Waals surface area (Å²) in [5.41, 5.74) is 9.89. The van der Waals surface area contributed by atoms with Crippen molar-refractivity contribution in [3.63, 3.8) is 0 Å². The molecule has 3 aliphatic heterocycles. The van der Waals surface area contributed by atoms with Gasteiger partial charge in [-0.3, -0.25) is 15.0 Å². The van der Waals surface area contributed by atoms with Gasteiger partial charge >= 0.3 is 0 Å². The molecule has 16 heteroatoms. The Kier molecular flexibility index (Phi) is 17.2. The highest BCUT2D eigenvalue weighted by atomic mass is 32.2. The van der Waals surface area contributed by atoms with E-state index in [1.807, 2.05) is 132 Å². The number of hydrogen-bond acceptors (Lipinski definition) is 13. The van der Waals surface area contributed by atoms with E-state index in [9.17, 15) is 25.3 Å². The SMILES string of the molecule is Cc1ccc(S(=O)(=O)c2cnc3ccccc3c2N2CCC(C)CC2)cc1C.Cc1ccc(S(=O)(=O)c2cnc3ccccc3c2N2CCCC(C)C2)cc1.Cc1ccc(S(=O)(=O)c2cnc3ccccc3c2N2CCOCC2)cc1C. The lowest BCUT2D eigenvalue weighted by Crippen LogP contribution is -2.37. The van der Waals surface area contributed by atoms with Crippen LogP contribution in [0.25, 0.3) is 32.7 Å². The molecular weight excluding hydrogens is 1080 g/mol. The molecule has 0 amide bonds. The highest BCUT2D eigenvalue weighted by Gasteiger charge is 2.32. The molecule has 0 aliphatic carbocycles. The van der Waals surface area contributed by atoms with Gasteiger partial charge < -0.3 is 19.4 Å². The maximum Gasteiger partial charge on any atom is 0.210 e.